The molecule has 0 N–H and O–H groups in total. The molecule has 0 radical (unpaired) electrons. The Balaban J connectivity index is 1.73. The lowest BCUT2D eigenvalue weighted by Crippen LogP contribution is -2.41. The van der Waals surface area contributed by atoms with Crippen LogP contribution >= 0.6 is 11.8 Å². The number of thioether (sulfide) groups is 1. The van der Waals surface area contributed by atoms with E-state index in [4.69, 9.17) is 10.00 Å². The predicted molar refractivity (Wildman–Crippen MR) is 74.7 cm³/mol. The highest BCUT2D eigenvalue weighted by atomic mass is 32.2. The highest BCUT2D eigenvalue weighted by molar-refractivity contribution is 7.99. The third-order valence-electron chi connectivity index (χ3n) is 2.94. The molecule has 0 spiro atoms. The second-order valence-corrected chi connectivity index (χ2v) is 5.28. The first-order chi connectivity index (χ1) is 9.29. The largest absolute Gasteiger partial charge is 0.378 e. The maximum Gasteiger partial charge on any atom is 0.232 e. The molecule has 5 heteroatoms. The van der Waals surface area contributed by atoms with Gasteiger partial charge in [0.05, 0.1) is 30.6 Å². The van der Waals surface area contributed by atoms with Crippen molar-refractivity contribution in [2.75, 3.05) is 32.1 Å². The van der Waals surface area contributed by atoms with Crippen LogP contribution < -0.4 is 0 Å². The lowest BCUT2D eigenvalue weighted by atomic mass is 10.2. The van der Waals surface area contributed by atoms with Crippen molar-refractivity contribution >= 4 is 17.7 Å². The van der Waals surface area contributed by atoms with E-state index in [1.165, 1.54) is 0 Å². The van der Waals surface area contributed by atoms with Crippen LogP contribution in [0.4, 0.5) is 0 Å². The Morgan fingerprint density at radius 3 is 2.63 bits per heavy atom. The number of hydrogen-bond donors (Lipinski definition) is 0. The third kappa shape index (κ3) is 4.27. The maximum atomic E-state index is 11.9. The van der Waals surface area contributed by atoms with Gasteiger partial charge in [-0.05, 0) is 17.7 Å². The van der Waals surface area contributed by atoms with Crippen molar-refractivity contribution in [2.45, 2.75) is 5.75 Å². The van der Waals surface area contributed by atoms with Crippen molar-refractivity contribution in [1.29, 1.82) is 5.26 Å². The van der Waals surface area contributed by atoms with Gasteiger partial charge < -0.3 is 9.64 Å². The van der Waals surface area contributed by atoms with Crippen molar-refractivity contribution in [3.8, 4) is 6.07 Å². The summed E-state index contributed by atoms with van der Waals surface area (Å²) in [5, 5.41) is 8.71. The Kier molecular flexibility index (Phi) is 5.25. The Bertz CT molecular complexity index is 461. The van der Waals surface area contributed by atoms with Crippen LogP contribution in [-0.4, -0.2) is 42.9 Å². The van der Waals surface area contributed by atoms with E-state index >= 15 is 0 Å². The molecule has 1 amide bonds. The van der Waals surface area contributed by atoms with Gasteiger partial charge in [0.2, 0.25) is 5.91 Å². The Morgan fingerprint density at radius 1 is 1.32 bits per heavy atom. The van der Waals surface area contributed by atoms with Gasteiger partial charge in [-0.15, -0.1) is 11.8 Å². The normalized spacial score (nSPS) is 15.0. The molecule has 19 heavy (non-hydrogen) atoms. The van der Waals surface area contributed by atoms with E-state index in [9.17, 15) is 4.79 Å². The number of carbonyl (C=O) groups excluding carboxylic acids is 1. The summed E-state index contributed by atoms with van der Waals surface area (Å²) >= 11 is 1.61. The Labute approximate surface area is 117 Å². The molecule has 0 atom stereocenters. The average Bonchev–Trinajstić information content (AvgIpc) is 2.49. The van der Waals surface area contributed by atoms with E-state index in [0.717, 1.165) is 11.3 Å². The minimum Gasteiger partial charge on any atom is -0.378 e. The molecule has 1 aromatic rings. The van der Waals surface area contributed by atoms with Crippen LogP contribution in [0.1, 0.15) is 11.1 Å². The lowest BCUT2D eigenvalue weighted by molar-refractivity contribution is -0.132. The summed E-state index contributed by atoms with van der Waals surface area (Å²) < 4.78 is 5.22. The topological polar surface area (TPSA) is 53.3 Å². The molecule has 0 bridgehead atoms. The van der Waals surface area contributed by atoms with Crippen LogP contribution in [0.15, 0.2) is 24.3 Å². The monoisotopic (exact) mass is 276 g/mol. The summed E-state index contributed by atoms with van der Waals surface area (Å²) in [5.41, 5.74) is 1.80. The van der Waals surface area contributed by atoms with E-state index in [2.05, 4.69) is 6.07 Å². The molecular formula is C14H16N2O2S. The Hall–Kier alpha value is -1.51. The number of benzene rings is 1. The van der Waals surface area contributed by atoms with Gasteiger partial charge in [0.25, 0.3) is 0 Å². The molecule has 1 aromatic carbocycles. The van der Waals surface area contributed by atoms with E-state index in [0.29, 0.717) is 37.6 Å². The fourth-order valence-electron chi connectivity index (χ4n) is 1.84. The van der Waals surface area contributed by atoms with Gasteiger partial charge in [-0.1, -0.05) is 12.1 Å². The van der Waals surface area contributed by atoms with Crippen molar-refractivity contribution in [2.24, 2.45) is 0 Å². The molecular weight excluding hydrogens is 260 g/mol. The second-order valence-electron chi connectivity index (χ2n) is 4.29. The van der Waals surface area contributed by atoms with Gasteiger partial charge in [0.15, 0.2) is 0 Å². The third-order valence-corrected chi connectivity index (χ3v) is 3.93. The molecule has 0 unspecified atom stereocenters. The predicted octanol–water partition coefficient (Wildman–Crippen LogP) is 1.65. The number of nitrogens with zero attached hydrogens (tertiary/aromatic N) is 2. The minimum absolute atomic E-state index is 0.182. The van der Waals surface area contributed by atoms with Crippen molar-refractivity contribution in [3.05, 3.63) is 35.4 Å². The molecule has 1 fully saturated rings. The number of nitriles is 1. The van der Waals surface area contributed by atoms with E-state index < -0.39 is 0 Å². The van der Waals surface area contributed by atoms with Gasteiger partial charge in [-0.25, -0.2) is 0 Å². The van der Waals surface area contributed by atoms with Crippen LogP contribution in [0.3, 0.4) is 0 Å². The number of hydrogen-bond acceptors (Lipinski definition) is 4. The summed E-state index contributed by atoms with van der Waals surface area (Å²) in [6, 6.07) is 9.57. The highest BCUT2D eigenvalue weighted by Crippen LogP contribution is 2.14. The molecule has 100 valence electrons. The molecule has 1 aliphatic rings. The number of carbonyl (C=O) groups is 1. The van der Waals surface area contributed by atoms with Crippen LogP contribution in [-0.2, 0) is 15.3 Å². The molecule has 0 aliphatic carbocycles. The van der Waals surface area contributed by atoms with E-state index in [1.54, 1.807) is 23.9 Å². The molecule has 0 saturated carbocycles. The van der Waals surface area contributed by atoms with Gasteiger partial charge >= 0.3 is 0 Å². The summed E-state index contributed by atoms with van der Waals surface area (Å²) in [6.07, 6.45) is 0. The van der Waals surface area contributed by atoms with Crippen LogP contribution in [0.5, 0.6) is 0 Å². The van der Waals surface area contributed by atoms with Gasteiger partial charge in [-0.3, -0.25) is 4.79 Å². The number of amides is 1. The molecule has 2 rings (SSSR count). The lowest BCUT2D eigenvalue weighted by Gasteiger charge is -2.26. The SMILES string of the molecule is N#Cc1ccc(CSCC(=O)N2CCOCC2)cc1. The average molecular weight is 276 g/mol. The van der Waals surface area contributed by atoms with Crippen molar-refractivity contribution in [1.82, 2.24) is 4.90 Å². The van der Waals surface area contributed by atoms with Crippen LogP contribution in [0.25, 0.3) is 0 Å². The number of morpholine rings is 1. The zero-order valence-corrected chi connectivity index (χ0v) is 11.5. The molecule has 0 aromatic heterocycles. The number of rotatable bonds is 4. The standard InChI is InChI=1S/C14H16N2O2S/c15-9-12-1-3-13(4-2-12)10-19-11-14(17)16-5-7-18-8-6-16/h1-4H,5-8,10-11H2. The molecule has 1 aliphatic heterocycles. The van der Waals surface area contributed by atoms with Crippen molar-refractivity contribution in [3.63, 3.8) is 0 Å². The van der Waals surface area contributed by atoms with Crippen molar-refractivity contribution < 1.29 is 9.53 Å². The zero-order valence-electron chi connectivity index (χ0n) is 10.7. The smallest absolute Gasteiger partial charge is 0.232 e. The number of ether oxygens (including phenoxy) is 1. The van der Waals surface area contributed by atoms with E-state index in [-0.39, 0.29) is 5.91 Å². The summed E-state index contributed by atoms with van der Waals surface area (Å²) in [6.45, 7) is 2.70. The van der Waals surface area contributed by atoms with Gasteiger partial charge in [-0.2, -0.15) is 5.26 Å². The molecule has 1 saturated heterocycles. The van der Waals surface area contributed by atoms with Gasteiger partial charge in [0, 0.05) is 18.8 Å². The quantitative estimate of drug-likeness (QED) is 0.839. The first-order valence-corrected chi connectivity index (χ1v) is 7.37. The van der Waals surface area contributed by atoms with Crippen LogP contribution in [0, 0.1) is 11.3 Å². The highest BCUT2D eigenvalue weighted by Gasteiger charge is 2.16. The molecule has 1 heterocycles. The molecule has 4 nitrogen and oxygen atoms in total. The summed E-state index contributed by atoms with van der Waals surface area (Å²) in [5.74, 6) is 1.48. The first-order valence-electron chi connectivity index (χ1n) is 6.22. The fourth-order valence-corrected chi connectivity index (χ4v) is 2.72. The minimum atomic E-state index is 0.182. The maximum absolute atomic E-state index is 11.9. The second kappa shape index (κ2) is 7.17. The zero-order chi connectivity index (χ0) is 13.5. The fraction of sp³-hybridized carbons (Fsp3) is 0.429. The summed E-state index contributed by atoms with van der Waals surface area (Å²) in [4.78, 5) is 13.8. The Morgan fingerprint density at radius 2 is 2.00 bits per heavy atom. The summed E-state index contributed by atoms with van der Waals surface area (Å²) in [7, 11) is 0. The van der Waals surface area contributed by atoms with Gasteiger partial charge in [0.1, 0.15) is 0 Å². The van der Waals surface area contributed by atoms with Crippen LogP contribution in [0.2, 0.25) is 0 Å². The van der Waals surface area contributed by atoms with E-state index in [1.807, 2.05) is 17.0 Å². The first kappa shape index (κ1) is 13.9.